The van der Waals surface area contributed by atoms with Crippen molar-refractivity contribution in [1.82, 2.24) is 19.7 Å². The van der Waals surface area contributed by atoms with E-state index in [9.17, 15) is 9.59 Å². The third-order valence-corrected chi connectivity index (χ3v) is 7.71. The average molecular weight is 498 g/mol. The van der Waals surface area contributed by atoms with Gasteiger partial charge in [0.25, 0.3) is 5.56 Å². The lowest BCUT2D eigenvalue weighted by Crippen LogP contribution is -2.50. The van der Waals surface area contributed by atoms with Crippen LogP contribution in [0.15, 0.2) is 71.9 Å². The molecule has 8 heteroatoms. The molecule has 2 fully saturated rings. The summed E-state index contributed by atoms with van der Waals surface area (Å²) in [7, 11) is 1.66. The number of carbonyl (C=O) groups is 1. The lowest BCUT2D eigenvalue weighted by atomic mass is 9.96. The molecule has 6 rings (SSSR count). The number of anilines is 1. The molecule has 1 amide bonds. The van der Waals surface area contributed by atoms with Crippen molar-refractivity contribution < 1.29 is 9.53 Å². The standard InChI is InChI=1S/C29H31N5O3/c1-37-26-7-2-19(3-8-26)17-33-18-20(16-31-33)12-28(35)34-24-5-6-25(34)15-23(14-24)32-22-4-9-27-21(13-22)10-11-30-29(27)36/h2-4,7-11,13,16,18,23-25,32H,5-6,12,14-15,17H2,1H3,(H,30,36)/t23-,24-,25+. The molecule has 0 unspecified atom stereocenters. The fourth-order valence-electron chi connectivity index (χ4n) is 5.99. The Morgan fingerprint density at radius 3 is 2.62 bits per heavy atom. The van der Waals surface area contributed by atoms with E-state index < -0.39 is 0 Å². The van der Waals surface area contributed by atoms with E-state index in [2.05, 4.69) is 20.3 Å². The Morgan fingerprint density at radius 2 is 1.86 bits per heavy atom. The van der Waals surface area contributed by atoms with Crippen LogP contribution in [0.5, 0.6) is 5.75 Å². The summed E-state index contributed by atoms with van der Waals surface area (Å²) >= 11 is 0. The SMILES string of the molecule is COc1ccc(Cn2cc(CC(=O)N3[C@@H]4CC[C@H]3C[C@H](Nc3ccc5c(=O)[nH]ccc5c3)C4)cn2)cc1. The van der Waals surface area contributed by atoms with Crippen LogP contribution in [0.3, 0.4) is 0 Å². The van der Waals surface area contributed by atoms with Gasteiger partial charge < -0.3 is 19.9 Å². The number of nitrogens with one attached hydrogen (secondary N) is 2. The van der Waals surface area contributed by atoms with E-state index in [4.69, 9.17) is 4.74 Å². The number of amides is 1. The number of fused-ring (bicyclic) bond motifs is 3. The Hall–Kier alpha value is -4.07. The first kappa shape index (κ1) is 23.3. The highest BCUT2D eigenvalue weighted by Crippen LogP contribution is 2.37. The molecule has 0 aliphatic carbocycles. The van der Waals surface area contributed by atoms with Gasteiger partial charge in [-0.05, 0) is 78.6 Å². The number of benzene rings is 2. The van der Waals surface area contributed by atoms with Crippen LogP contribution in [0, 0.1) is 0 Å². The number of ether oxygens (including phenoxy) is 1. The van der Waals surface area contributed by atoms with Gasteiger partial charge >= 0.3 is 0 Å². The number of aromatic amines is 1. The van der Waals surface area contributed by atoms with Gasteiger partial charge in [-0.15, -0.1) is 0 Å². The molecule has 8 nitrogen and oxygen atoms in total. The zero-order chi connectivity index (χ0) is 25.4. The second kappa shape index (κ2) is 9.76. The predicted molar refractivity (Wildman–Crippen MR) is 143 cm³/mol. The quantitative estimate of drug-likeness (QED) is 0.403. The van der Waals surface area contributed by atoms with E-state index in [1.165, 1.54) is 0 Å². The Labute approximate surface area is 215 Å². The Balaban J connectivity index is 1.07. The van der Waals surface area contributed by atoms with E-state index in [-0.39, 0.29) is 23.6 Å². The van der Waals surface area contributed by atoms with Crippen LogP contribution in [0.1, 0.15) is 36.8 Å². The van der Waals surface area contributed by atoms with Crippen LogP contribution in [0.25, 0.3) is 10.8 Å². The molecule has 0 radical (unpaired) electrons. The highest BCUT2D eigenvalue weighted by Gasteiger charge is 2.43. The second-order valence-electron chi connectivity index (χ2n) is 10.2. The minimum Gasteiger partial charge on any atom is -0.497 e. The van der Waals surface area contributed by atoms with Crippen LogP contribution in [0.4, 0.5) is 5.69 Å². The van der Waals surface area contributed by atoms with Crippen LogP contribution < -0.4 is 15.6 Å². The Bertz CT molecular complexity index is 1460. The molecule has 3 atom stereocenters. The molecular formula is C29H31N5O3. The number of pyridine rings is 1. The number of carbonyl (C=O) groups excluding carboxylic acids is 1. The molecule has 2 bridgehead atoms. The smallest absolute Gasteiger partial charge is 0.255 e. The van der Waals surface area contributed by atoms with Crippen molar-refractivity contribution in [1.29, 1.82) is 0 Å². The topological polar surface area (TPSA) is 92.2 Å². The number of aromatic nitrogens is 3. The molecule has 37 heavy (non-hydrogen) atoms. The zero-order valence-corrected chi connectivity index (χ0v) is 20.9. The third kappa shape index (κ3) is 4.83. The molecule has 2 aromatic carbocycles. The normalized spacial score (nSPS) is 20.8. The van der Waals surface area contributed by atoms with E-state index in [1.54, 1.807) is 13.3 Å². The molecular weight excluding hydrogens is 466 g/mol. The molecule has 0 spiro atoms. The van der Waals surface area contributed by atoms with Crippen LogP contribution in [-0.4, -0.2) is 50.8 Å². The molecule has 190 valence electrons. The lowest BCUT2D eigenvalue weighted by molar-refractivity contribution is -0.134. The summed E-state index contributed by atoms with van der Waals surface area (Å²) in [5.41, 5.74) is 3.03. The van der Waals surface area contributed by atoms with Gasteiger partial charge in [-0.25, -0.2) is 0 Å². The van der Waals surface area contributed by atoms with E-state index in [0.717, 1.165) is 53.6 Å². The number of rotatable bonds is 7. The van der Waals surface area contributed by atoms with Crippen molar-refractivity contribution in [2.75, 3.05) is 12.4 Å². The third-order valence-electron chi connectivity index (χ3n) is 7.71. The summed E-state index contributed by atoms with van der Waals surface area (Å²) < 4.78 is 7.10. The van der Waals surface area contributed by atoms with E-state index in [0.29, 0.717) is 24.4 Å². The van der Waals surface area contributed by atoms with Crippen molar-refractivity contribution in [3.8, 4) is 5.75 Å². The zero-order valence-electron chi connectivity index (χ0n) is 20.9. The van der Waals surface area contributed by atoms with Crippen molar-refractivity contribution in [3.63, 3.8) is 0 Å². The van der Waals surface area contributed by atoms with Gasteiger partial charge in [-0.3, -0.25) is 14.3 Å². The monoisotopic (exact) mass is 497 g/mol. The molecule has 2 aromatic heterocycles. The summed E-state index contributed by atoms with van der Waals surface area (Å²) in [6.07, 6.45) is 9.83. The van der Waals surface area contributed by atoms with E-state index in [1.807, 2.05) is 65.6 Å². The molecule has 0 saturated carbocycles. The van der Waals surface area contributed by atoms with Crippen molar-refractivity contribution in [3.05, 3.63) is 88.6 Å². The fraction of sp³-hybridized carbons (Fsp3) is 0.345. The number of H-pyrrole nitrogens is 1. The molecule has 4 aromatic rings. The van der Waals surface area contributed by atoms with Gasteiger partial charge in [0.1, 0.15) is 5.75 Å². The number of methoxy groups -OCH3 is 1. The van der Waals surface area contributed by atoms with Crippen molar-refractivity contribution in [2.24, 2.45) is 0 Å². The van der Waals surface area contributed by atoms with Crippen molar-refractivity contribution >= 4 is 22.4 Å². The summed E-state index contributed by atoms with van der Waals surface area (Å²) in [4.78, 5) is 30.2. The number of hydrogen-bond donors (Lipinski definition) is 2. The number of piperidine rings is 1. The molecule has 2 aliphatic heterocycles. The van der Waals surface area contributed by atoms with Gasteiger partial charge in [-0.1, -0.05) is 12.1 Å². The lowest BCUT2D eigenvalue weighted by Gasteiger charge is -2.39. The van der Waals surface area contributed by atoms with Crippen LogP contribution >= 0.6 is 0 Å². The maximum atomic E-state index is 13.3. The van der Waals surface area contributed by atoms with Gasteiger partial charge in [0.15, 0.2) is 0 Å². The Kier molecular flexibility index (Phi) is 6.16. The maximum Gasteiger partial charge on any atom is 0.255 e. The summed E-state index contributed by atoms with van der Waals surface area (Å²) in [6.45, 7) is 0.656. The Morgan fingerprint density at radius 1 is 1.08 bits per heavy atom. The van der Waals surface area contributed by atoms with Crippen LogP contribution in [-0.2, 0) is 17.8 Å². The first-order chi connectivity index (χ1) is 18.1. The van der Waals surface area contributed by atoms with Crippen molar-refractivity contribution in [2.45, 2.75) is 56.8 Å². The summed E-state index contributed by atoms with van der Waals surface area (Å²) in [5, 5.41) is 9.76. The first-order valence-electron chi connectivity index (χ1n) is 12.9. The molecule has 2 N–H and O–H groups in total. The van der Waals surface area contributed by atoms with Crippen LogP contribution in [0.2, 0.25) is 0 Å². The molecule has 2 aliphatic rings. The van der Waals surface area contributed by atoms with Gasteiger partial charge in [-0.2, -0.15) is 5.10 Å². The number of hydrogen-bond acceptors (Lipinski definition) is 5. The van der Waals surface area contributed by atoms with Gasteiger partial charge in [0.05, 0.1) is 26.3 Å². The predicted octanol–water partition coefficient (Wildman–Crippen LogP) is 3.96. The molecule has 2 saturated heterocycles. The van der Waals surface area contributed by atoms with Gasteiger partial charge in [0, 0.05) is 41.6 Å². The first-order valence-corrected chi connectivity index (χ1v) is 12.9. The minimum absolute atomic E-state index is 0.0693. The minimum atomic E-state index is -0.0693. The molecule has 4 heterocycles. The summed E-state index contributed by atoms with van der Waals surface area (Å²) in [6, 6.07) is 16.6. The highest BCUT2D eigenvalue weighted by molar-refractivity contribution is 5.84. The maximum absolute atomic E-state index is 13.3. The summed E-state index contributed by atoms with van der Waals surface area (Å²) in [5.74, 6) is 1.03. The average Bonchev–Trinajstić information content (AvgIpc) is 3.45. The van der Waals surface area contributed by atoms with Gasteiger partial charge in [0.2, 0.25) is 5.91 Å². The second-order valence-corrected chi connectivity index (χ2v) is 10.2. The highest BCUT2D eigenvalue weighted by atomic mass is 16.5. The number of nitrogens with zero attached hydrogens (tertiary/aromatic N) is 3. The van der Waals surface area contributed by atoms with E-state index >= 15 is 0 Å². The largest absolute Gasteiger partial charge is 0.497 e. The fourth-order valence-corrected chi connectivity index (χ4v) is 5.99.